The van der Waals surface area contributed by atoms with E-state index in [-0.39, 0.29) is 4.90 Å². The normalized spacial score (nSPS) is 16.0. The zero-order chi connectivity index (χ0) is 18.6. The van der Waals surface area contributed by atoms with Gasteiger partial charge in [0.15, 0.2) is 0 Å². The maximum absolute atomic E-state index is 12.5. The number of hydrogen-bond acceptors (Lipinski definition) is 5. The molecule has 2 aromatic rings. The largest absolute Gasteiger partial charge is 0.399 e. The molecule has 26 heavy (non-hydrogen) atoms. The quantitative estimate of drug-likeness (QED) is 0.481. The molecule has 0 saturated heterocycles. The molecular weight excluding hydrogens is 348 g/mol. The number of nitrogens with two attached hydrogens (primary N) is 1. The van der Waals surface area contributed by atoms with Crippen LogP contribution in [0.15, 0.2) is 70.6 Å². The van der Waals surface area contributed by atoms with Gasteiger partial charge in [0.1, 0.15) is 0 Å². The Kier molecular flexibility index (Phi) is 5.51. The number of nitrogens with zero attached hydrogens (tertiary/aromatic N) is 2. The second-order valence-electron chi connectivity index (χ2n) is 6.11. The fourth-order valence-corrected chi connectivity index (χ4v) is 3.73. The molecule has 0 atom stereocenters. The lowest BCUT2D eigenvalue weighted by Crippen LogP contribution is -2.43. The number of rotatable bonds is 5. The molecule has 0 radical (unpaired) electrons. The van der Waals surface area contributed by atoms with E-state index in [9.17, 15) is 8.42 Å². The van der Waals surface area contributed by atoms with Crippen molar-refractivity contribution in [3.63, 3.8) is 0 Å². The van der Waals surface area contributed by atoms with Crippen molar-refractivity contribution in [2.24, 2.45) is 4.99 Å². The maximum atomic E-state index is 12.5. The third kappa shape index (κ3) is 4.57. The first-order chi connectivity index (χ1) is 12.4. The Morgan fingerprint density at radius 3 is 2.38 bits per heavy atom. The average Bonchev–Trinajstić information content (AvgIpc) is 2.63. The molecule has 0 aromatic heterocycles. The number of hydrazine groups is 1. The number of sulfonamides is 1. The van der Waals surface area contributed by atoms with Gasteiger partial charge in [0.2, 0.25) is 0 Å². The van der Waals surface area contributed by atoms with E-state index in [0.717, 1.165) is 17.7 Å². The lowest BCUT2D eigenvalue weighted by Gasteiger charge is -2.23. The molecule has 0 fully saturated rings. The zero-order valence-corrected chi connectivity index (χ0v) is 15.4. The van der Waals surface area contributed by atoms with E-state index in [4.69, 9.17) is 5.73 Å². The van der Waals surface area contributed by atoms with Gasteiger partial charge in [0, 0.05) is 24.5 Å². The van der Waals surface area contributed by atoms with Crippen molar-refractivity contribution in [3.05, 3.63) is 66.2 Å². The zero-order valence-electron chi connectivity index (χ0n) is 14.6. The van der Waals surface area contributed by atoms with Crippen LogP contribution in [0.5, 0.6) is 0 Å². The fourth-order valence-electron chi connectivity index (χ4n) is 2.63. The van der Waals surface area contributed by atoms with E-state index in [2.05, 4.69) is 9.82 Å². The van der Waals surface area contributed by atoms with Crippen LogP contribution in [0.3, 0.4) is 0 Å². The number of nitrogens with one attached hydrogen (secondary N) is 1. The third-order valence-electron chi connectivity index (χ3n) is 4.08. The summed E-state index contributed by atoms with van der Waals surface area (Å²) in [5.74, 6) is 0. The highest BCUT2D eigenvalue weighted by Crippen LogP contribution is 2.19. The molecule has 136 valence electrons. The van der Waals surface area contributed by atoms with E-state index in [1.165, 1.54) is 0 Å². The summed E-state index contributed by atoms with van der Waals surface area (Å²) in [4.78, 5) is 7.37. The van der Waals surface area contributed by atoms with Gasteiger partial charge in [0.25, 0.3) is 10.0 Å². The Balaban J connectivity index is 1.74. The molecule has 7 heteroatoms. The number of aliphatic imine (C=N–C) groups is 1. The standard InChI is InChI=1S/C19H22N4O2S/c1-15(16-5-7-17(20)8-6-16)21-18-9-11-19(12-10-18)26(24,25)22-23-13-3-2-4-14-23/h2-3,5-12,22H,4,13-14,20H2,1H3. The molecule has 0 spiro atoms. The Morgan fingerprint density at radius 2 is 1.77 bits per heavy atom. The third-order valence-corrected chi connectivity index (χ3v) is 5.47. The first-order valence-corrected chi connectivity index (χ1v) is 9.86. The Hall–Kier alpha value is -2.48. The highest BCUT2D eigenvalue weighted by Gasteiger charge is 2.18. The topological polar surface area (TPSA) is 87.8 Å². The number of nitrogen functional groups attached to an aromatic ring is 1. The lowest BCUT2D eigenvalue weighted by molar-refractivity contribution is 0.263. The smallest absolute Gasteiger partial charge is 0.253 e. The predicted molar refractivity (Wildman–Crippen MR) is 105 cm³/mol. The van der Waals surface area contributed by atoms with Gasteiger partial charge in [-0.15, -0.1) is 4.83 Å². The van der Waals surface area contributed by atoms with Crippen molar-refractivity contribution in [1.82, 2.24) is 9.84 Å². The van der Waals surface area contributed by atoms with E-state index >= 15 is 0 Å². The summed E-state index contributed by atoms with van der Waals surface area (Å²) in [5.41, 5.74) is 8.89. The molecule has 3 rings (SSSR count). The summed E-state index contributed by atoms with van der Waals surface area (Å²) in [7, 11) is -3.58. The highest BCUT2D eigenvalue weighted by atomic mass is 32.2. The van der Waals surface area contributed by atoms with Gasteiger partial charge in [-0.2, -0.15) is 0 Å². The first-order valence-electron chi connectivity index (χ1n) is 8.38. The molecule has 0 unspecified atom stereocenters. The summed E-state index contributed by atoms with van der Waals surface area (Å²) in [6, 6.07) is 14.0. The van der Waals surface area contributed by atoms with Crippen LogP contribution in [0, 0.1) is 0 Å². The van der Waals surface area contributed by atoms with Crippen molar-refractivity contribution < 1.29 is 8.42 Å². The van der Waals surface area contributed by atoms with Crippen LogP contribution < -0.4 is 10.6 Å². The first kappa shape index (κ1) is 18.3. The van der Waals surface area contributed by atoms with Crippen molar-refractivity contribution >= 4 is 27.1 Å². The summed E-state index contributed by atoms with van der Waals surface area (Å²) < 4.78 is 24.9. The second kappa shape index (κ2) is 7.82. The van der Waals surface area contributed by atoms with Crippen LogP contribution in [0.1, 0.15) is 18.9 Å². The second-order valence-corrected chi connectivity index (χ2v) is 7.77. The Labute approximate surface area is 154 Å². The molecule has 2 aromatic carbocycles. The number of hydrogen-bond donors (Lipinski definition) is 2. The summed E-state index contributed by atoms with van der Waals surface area (Å²) in [5, 5.41) is 1.69. The van der Waals surface area contributed by atoms with Crippen LogP contribution in [-0.2, 0) is 10.0 Å². The fraction of sp³-hybridized carbons (Fsp3) is 0.211. The monoisotopic (exact) mass is 370 g/mol. The lowest BCUT2D eigenvalue weighted by atomic mass is 10.1. The summed E-state index contributed by atoms with van der Waals surface area (Å²) in [6.45, 7) is 3.14. The van der Waals surface area contributed by atoms with Crippen LogP contribution in [0.4, 0.5) is 11.4 Å². The van der Waals surface area contributed by atoms with Gasteiger partial charge in [-0.3, -0.25) is 4.99 Å². The Bertz CT molecular complexity index is 917. The summed E-state index contributed by atoms with van der Waals surface area (Å²) in [6.07, 6.45) is 4.82. The highest BCUT2D eigenvalue weighted by molar-refractivity contribution is 7.89. The van der Waals surface area contributed by atoms with E-state index < -0.39 is 10.0 Å². The maximum Gasteiger partial charge on any atom is 0.253 e. The molecule has 0 aliphatic carbocycles. The average molecular weight is 370 g/mol. The SMILES string of the molecule is CC(=Nc1ccc(S(=O)(=O)NN2CC=CCC2)cc1)c1ccc(N)cc1. The molecule has 0 saturated carbocycles. The number of benzene rings is 2. The number of anilines is 1. The molecular formula is C19H22N4O2S. The minimum Gasteiger partial charge on any atom is -0.399 e. The van der Waals surface area contributed by atoms with Crippen molar-refractivity contribution in [2.75, 3.05) is 18.8 Å². The van der Waals surface area contributed by atoms with Crippen molar-refractivity contribution in [1.29, 1.82) is 0 Å². The molecule has 1 heterocycles. The molecule has 1 aliphatic heterocycles. The van der Waals surface area contributed by atoms with E-state index in [0.29, 0.717) is 24.5 Å². The van der Waals surface area contributed by atoms with Crippen LogP contribution in [0.25, 0.3) is 0 Å². The van der Waals surface area contributed by atoms with Gasteiger partial charge < -0.3 is 5.73 Å². The van der Waals surface area contributed by atoms with Crippen LogP contribution >= 0.6 is 0 Å². The molecule has 1 aliphatic rings. The summed E-state index contributed by atoms with van der Waals surface area (Å²) >= 11 is 0. The predicted octanol–water partition coefficient (Wildman–Crippen LogP) is 2.86. The van der Waals surface area contributed by atoms with Crippen LogP contribution in [0.2, 0.25) is 0 Å². The van der Waals surface area contributed by atoms with Gasteiger partial charge in [-0.25, -0.2) is 13.4 Å². The van der Waals surface area contributed by atoms with E-state index in [1.807, 2.05) is 43.3 Å². The molecule has 0 amide bonds. The van der Waals surface area contributed by atoms with Gasteiger partial charge in [-0.1, -0.05) is 24.3 Å². The van der Waals surface area contributed by atoms with Crippen LogP contribution in [-0.4, -0.2) is 32.2 Å². The van der Waals surface area contributed by atoms with Crippen molar-refractivity contribution in [2.45, 2.75) is 18.2 Å². The van der Waals surface area contributed by atoms with Gasteiger partial charge in [0.05, 0.1) is 10.6 Å². The molecule has 6 nitrogen and oxygen atoms in total. The minimum atomic E-state index is -3.58. The minimum absolute atomic E-state index is 0.219. The van der Waals surface area contributed by atoms with Gasteiger partial charge in [-0.05, 0) is 55.3 Å². The van der Waals surface area contributed by atoms with Gasteiger partial charge >= 0.3 is 0 Å². The Morgan fingerprint density at radius 1 is 1.08 bits per heavy atom. The molecule has 3 N–H and O–H groups in total. The van der Waals surface area contributed by atoms with Crippen molar-refractivity contribution in [3.8, 4) is 0 Å². The van der Waals surface area contributed by atoms with E-state index in [1.54, 1.807) is 29.3 Å². The molecule has 0 bridgehead atoms.